The Kier molecular flexibility index (Phi) is 5.54. The topological polar surface area (TPSA) is 59.7 Å². The Morgan fingerprint density at radius 1 is 1.22 bits per heavy atom. The lowest BCUT2D eigenvalue weighted by Crippen LogP contribution is -2.51. The van der Waals surface area contributed by atoms with Gasteiger partial charge < -0.3 is 9.84 Å². The van der Waals surface area contributed by atoms with Crippen LogP contribution < -0.4 is 0 Å². The molecule has 32 heavy (non-hydrogen) atoms. The molecule has 0 spiro atoms. The van der Waals surface area contributed by atoms with Crippen molar-refractivity contribution in [2.24, 2.45) is 0 Å². The number of hydrogen-bond acceptors (Lipinski definition) is 5. The van der Waals surface area contributed by atoms with Crippen molar-refractivity contribution < 1.29 is 9.84 Å². The molecule has 0 aromatic heterocycles. The number of aryl methyl sites for hydroxylation is 1. The third-order valence-electron chi connectivity index (χ3n) is 7.66. The number of nitrogens with zero attached hydrogens (tertiary/aromatic N) is 3. The summed E-state index contributed by atoms with van der Waals surface area (Å²) in [5.41, 5.74) is 7.70. The van der Waals surface area contributed by atoms with Crippen molar-refractivity contribution in [3.63, 3.8) is 0 Å². The molecular weight excluding hydrogens is 398 g/mol. The highest BCUT2D eigenvalue weighted by molar-refractivity contribution is 5.66. The molecule has 5 nitrogen and oxygen atoms in total. The van der Waals surface area contributed by atoms with E-state index in [4.69, 9.17) is 10.00 Å². The first-order chi connectivity index (χ1) is 15.4. The highest BCUT2D eigenvalue weighted by Gasteiger charge is 2.37. The summed E-state index contributed by atoms with van der Waals surface area (Å²) in [4.78, 5) is 5.02. The first-order valence-electron chi connectivity index (χ1n) is 11.5. The van der Waals surface area contributed by atoms with Gasteiger partial charge in [-0.2, -0.15) is 5.26 Å². The molecule has 3 aliphatic rings. The van der Waals surface area contributed by atoms with Gasteiger partial charge >= 0.3 is 0 Å². The number of ether oxygens (including phenoxy) is 1. The zero-order chi connectivity index (χ0) is 22.4. The molecule has 3 atom stereocenters. The summed E-state index contributed by atoms with van der Waals surface area (Å²) < 4.78 is 5.60. The number of benzene rings is 2. The highest BCUT2D eigenvalue weighted by Crippen LogP contribution is 2.37. The van der Waals surface area contributed by atoms with E-state index in [1.54, 1.807) is 0 Å². The van der Waals surface area contributed by atoms with Gasteiger partial charge in [0.25, 0.3) is 0 Å². The number of piperazine rings is 1. The maximum atomic E-state index is 11.1. The van der Waals surface area contributed by atoms with Crippen molar-refractivity contribution in [2.75, 3.05) is 32.7 Å². The van der Waals surface area contributed by atoms with Gasteiger partial charge in [-0.25, -0.2) is 0 Å². The molecule has 2 fully saturated rings. The Morgan fingerprint density at radius 2 is 2.06 bits per heavy atom. The summed E-state index contributed by atoms with van der Waals surface area (Å²) >= 11 is 0. The van der Waals surface area contributed by atoms with E-state index in [2.05, 4.69) is 42.4 Å². The molecule has 3 aliphatic heterocycles. The van der Waals surface area contributed by atoms with Crippen LogP contribution in [-0.4, -0.2) is 53.7 Å². The van der Waals surface area contributed by atoms with E-state index in [1.807, 2.05) is 24.3 Å². The zero-order valence-corrected chi connectivity index (χ0v) is 19.0. The fourth-order valence-corrected chi connectivity index (χ4v) is 5.86. The molecule has 1 N–H and O–H groups in total. The summed E-state index contributed by atoms with van der Waals surface area (Å²) in [6.45, 7) is 13.5. The molecular formula is C27H31N3O2. The molecule has 3 heterocycles. The quantitative estimate of drug-likeness (QED) is 0.799. The number of hydrogen-bond donors (Lipinski definition) is 1. The van der Waals surface area contributed by atoms with Gasteiger partial charge in [0.1, 0.15) is 12.4 Å². The van der Waals surface area contributed by atoms with E-state index in [1.165, 1.54) is 11.1 Å². The average Bonchev–Trinajstić information content (AvgIpc) is 3.37. The van der Waals surface area contributed by atoms with Gasteiger partial charge in [-0.15, -0.1) is 0 Å². The summed E-state index contributed by atoms with van der Waals surface area (Å²) in [6, 6.07) is 12.9. The molecule has 2 aromatic carbocycles. The number of fused-ring (bicyclic) bond motifs is 2. The van der Waals surface area contributed by atoms with Gasteiger partial charge in [0.15, 0.2) is 0 Å². The summed E-state index contributed by atoms with van der Waals surface area (Å²) in [6.07, 6.45) is 0.634. The Bertz CT molecular complexity index is 1100. The lowest BCUT2D eigenvalue weighted by atomic mass is 9.91. The van der Waals surface area contributed by atoms with Crippen LogP contribution in [0.4, 0.5) is 0 Å². The van der Waals surface area contributed by atoms with Gasteiger partial charge in [-0.05, 0) is 60.6 Å². The number of rotatable bonds is 4. The second kappa shape index (κ2) is 8.37. The fourth-order valence-electron chi connectivity index (χ4n) is 5.86. The maximum Gasteiger partial charge on any atom is 0.120 e. The molecule has 2 aromatic rings. The molecule has 5 rings (SSSR count). The Morgan fingerprint density at radius 3 is 2.84 bits per heavy atom. The largest absolute Gasteiger partial charge is 0.489 e. The Labute approximate surface area is 190 Å². The molecule has 5 heteroatoms. The summed E-state index contributed by atoms with van der Waals surface area (Å²) in [5, 5.41) is 20.2. The normalized spacial score (nSPS) is 24.0. The van der Waals surface area contributed by atoms with E-state index in [0.717, 1.165) is 66.2 Å². The second-order valence-electron chi connectivity index (χ2n) is 9.56. The van der Waals surface area contributed by atoms with Gasteiger partial charge in [-0.1, -0.05) is 24.8 Å². The summed E-state index contributed by atoms with van der Waals surface area (Å²) in [5.74, 6) is 1.25. The number of nitriles is 1. The SMILES string of the molecule is C=C1OCc2c1ccc([C@@H](O)CN1CCN3CC(c4ccc(C#N)cc4C)C[C@H]3C1)c2C. The van der Waals surface area contributed by atoms with Crippen LogP contribution in [0, 0.1) is 25.2 Å². The lowest BCUT2D eigenvalue weighted by molar-refractivity contribution is 0.0563. The van der Waals surface area contributed by atoms with Gasteiger partial charge in [0, 0.05) is 49.9 Å². The second-order valence-corrected chi connectivity index (χ2v) is 9.56. The Balaban J connectivity index is 1.24. The predicted octanol–water partition coefficient (Wildman–Crippen LogP) is 3.88. The van der Waals surface area contributed by atoms with Crippen molar-refractivity contribution in [3.05, 3.63) is 75.9 Å². The van der Waals surface area contributed by atoms with Crippen LogP contribution in [0.1, 0.15) is 57.4 Å². The van der Waals surface area contributed by atoms with Gasteiger partial charge in [-0.3, -0.25) is 9.80 Å². The van der Waals surface area contributed by atoms with E-state index < -0.39 is 6.10 Å². The van der Waals surface area contributed by atoms with E-state index in [0.29, 0.717) is 25.1 Å². The molecule has 0 aliphatic carbocycles. The zero-order valence-electron chi connectivity index (χ0n) is 19.0. The molecule has 0 amide bonds. The van der Waals surface area contributed by atoms with E-state index in [9.17, 15) is 5.11 Å². The van der Waals surface area contributed by atoms with Crippen LogP contribution in [0.15, 0.2) is 36.9 Å². The average molecular weight is 430 g/mol. The monoisotopic (exact) mass is 429 g/mol. The van der Waals surface area contributed by atoms with Crippen molar-refractivity contribution in [1.29, 1.82) is 5.26 Å². The molecule has 2 saturated heterocycles. The summed E-state index contributed by atoms with van der Waals surface area (Å²) in [7, 11) is 0. The number of aliphatic hydroxyl groups excluding tert-OH is 1. The van der Waals surface area contributed by atoms with Crippen LogP contribution in [0.3, 0.4) is 0 Å². The minimum atomic E-state index is -0.501. The van der Waals surface area contributed by atoms with Crippen LogP contribution in [0.5, 0.6) is 0 Å². The third kappa shape index (κ3) is 3.73. The van der Waals surface area contributed by atoms with Crippen molar-refractivity contribution in [2.45, 2.75) is 44.9 Å². The van der Waals surface area contributed by atoms with Crippen LogP contribution in [-0.2, 0) is 11.3 Å². The van der Waals surface area contributed by atoms with Crippen molar-refractivity contribution in [1.82, 2.24) is 9.80 Å². The van der Waals surface area contributed by atoms with Gasteiger partial charge in [0.05, 0.1) is 17.7 Å². The van der Waals surface area contributed by atoms with Crippen LogP contribution in [0.25, 0.3) is 5.76 Å². The highest BCUT2D eigenvalue weighted by atomic mass is 16.5. The number of aliphatic hydroxyl groups is 1. The van der Waals surface area contributed by atoms with Gasteiger partial charge in [0.2, 0.25) is 0 Å². The van der Waals surface area contributed by atoms with Crippen LogP contribution >= 0.6 is 0 Å². The smallest absolute Gasteiger partial charge is 0.120 e. The Hall–Kier alpha value is -2.65. The minimum absolute atomic E-state index is 0.501. The fraction of sp³-hybridized carbons (Fsp3) is 0.444. The van der Waals surface area contributed by atoms with Crippen molar-refractivity contribution >= 4 is 5.76 Å². The minimum Gasteiger partial charge on any atom is -0.489 e. The molecule has 0 saturated carbocycles. The lowest BCUT2D eigenvalue weighted by Gasteiger charge is -2.38. The molecule has 0 radical (unpaired) electrons. The molecule has 0 bridgehead atoms. The standard InChI is InChI=1S/C27H31N3O2/c1-17-10-20(12-28)4-5-23(17)21-11-22-14-29(8-9-30(22)13-21)15-27(31)24-6-7-25-19(3)32-16-26(25)18(24)2/h4-7,10,21-22,27,31H,3,8-9,11,13-16H2,1-2H3/t21?,22-,27-/m0/s1. The third-order valence-corrected chi connectivity index (χ3v) is 7.66. The molecule has 166 valence electrons. The first-order valence-corrected chi connectivity index (χ1v) is 11.5. The van der Waals surface area contributed by atoms with Crippen LogP contribution in [0.2, 0.25) is 0 Å². The number of β-amino-alcohol motifs (C(OH)–C–C–N with tert-alkyl or cyclic N) is 1. The van der Waals surface area contributed by atoms with E-state index in [-0.39, 0.29) is 0 Å². The maximum absolute atomic E-state index is 11.1. The predicted molar refractivity (Wildman–Crippen MR) is 125 cm³/mol. The van der Waals surface area contributed by atoms with E-state index >= 15 is 0 Å². The van der Waals surface area contributed by atoms with Crippen molar-refractivity contribution in [3.8, 4) is 6.07 Å². The molecule has 1 unspecified atom stereocenters. The first kappa shape index (κ1) is 21.2.